The Labute approximate surface area is 229 Å². The van der Waals surface area contributed by atoms with Gasteiger partial charge < -0.3 is 0 Å². The summed E-state index contributed by atoms with van der Waals surface area (Å²) in [6, 6.07) is 0. The van der Waals surface area contributed by atoms with Crippen molar-refractivity contribution in [3.05, 3.63) is 83.5 Å². The van der Waals surface area contributed by atoms with Crippen LogP contribution in [0.25, 0.3) is 33.7 Å². The van der Waals surface area contributed by atoms with Crippen LogP contribution in [-0.4, -0.2) is 6.26 Å². The third kappa shape index (κ3) is 3.88. The molecule has 4 aromatic carbocycles. The summed E-state index contributed by atoms with van der Waals surface area (Å²) >= 11 is 1.88. The molecule has 1 heteroatoms. The summed E-state index contributed by atoms with van der Waals surface area (Å²) in [5.74, 6) is 0. The Morgan fingerprint density at radius 2 is 0.622 bits per heavy atom. The maximum atomic E-state index is 2.40. The first-order chi connectivity index (χ1) is 17.3. The summed E-state index contributed by atoms with van der Waals surface area (Å²) in [5.41, 5.74) is 21.2. The molecule has 0 heterocycles. The number of hydrogen-bond acceptors (Lipinski definition) is 1. The van der Waals surface area contributed by atoms with E-state index in [1.165, 1.54) is 110 Å². The van der Waals surface area contributed by atoms with Gasteiger partial charge in [-0.05, 0) is 201 Å². The molecule has 0 aliphatic rings. The van der Waals surface area contributed by atoms with Crippen molar-refractivity contribution in [2.45, 2.75) is 94.9 Å². The van der Waals surface area contributed by atoms with Crippen LogP contribution in [0, 0.1) is 90.0 Å². The first kappa shape index (κ1) is 27.5. The summed E-state index contributed by atoms with van der Waals surface area (Å²) in [6.45, 7) is 29.9. The first-order valence-electron chi connectivity index (χ1n) is 13.5. The lowest BCUT2D eigenvalue weighted by molar-refractivity contribution is 1.21. The van der Waals surface area contributed by atoms with Gasteiger partial charge in [0.25, 0.3) is 0 Å². The highest BCUT2D eigenvalue weighted by atomic mass is 32.2. The van der Waals surface area contributed by atoms with Crippen LogP contribution in [-0.2, 0) is 0 Å². The fourth-order valence-corrected chi connectivity index (χ4v) is 7.66. The van der Waals surface area contributed by atoms with Crippen molar-refractivity contribution in [3.8, 4) is 0 Å². The van der Waals surface area contributed by atoms with E-state index >= 15 is 0 Å². The summed E-state index contributed by atoms with van der Waals surface area (Å²) in [6.07, 6.45) is 7.03. The highest BCUT2D eigenvalue weighted by Crippen LogP contribution is 2.42. The number of hydrogen-bond donors (Lipinski definition) is 0. The van der Waals surface area contributed by atoms with E-state index in [0.29, 0.717) is 0 Å². The van der Waals surface area contributed by atoms with Crippen molar-refractivity contribution in [2.75, 3.05) is 6.26 Å². The van der Waals surface area contributed by atoms with Crippen molar-refractivity contribution in [1.82, 2.24) is 0 Å². The topological polar surface area (TPSA) is 0 Å². The molecular formula is C36H44S. The molecule has 0 saturated heterocycles. The van der Waals surface area contributed by atoms with Gasteiger partial charge in [-0.3, -0.25) is 0 Å². The Morgan fingerprint density at radius 1 is 0.324 bits per heavy atom. The van der Waals surface area contributed by atoms with E-state index in [-0.39, 0.29) is 0 Å². The third-order valence-corrected chi connectivity index (χ3v) is 10.8. The molecule has 4 aromatic rings. The van der Waals surface area contributed by atoms with E-state index in [9.17, 15) is 0 Å². The first-order valence-corrected chi connectivity index (χ1v) is 14.7. The van der Waals surface area contributed by atoms with Crippen LogP contribution in [0.2, 0.25) is 0 Å². The number of aryl methyl sites for hydroxylation is 8. The zero-order valence-corrected chi connectivity index (χ0v) is 26.4. The van der Waals surface area contributed by atoms with Gasteiger partial charge in [0.1, 0.15) is 0 Å². The lowest BCUT2D eigenvalue weighted by Crippen LogP contribution is -2.02. The highest BCUT2D eigenvalue weighted by molar-refractivity contribution is 7.98. The molecule has 0 fully saturated rings. The normalized spacial score (nSPS) is 12.1. The molecule has 0 saturated carbocycles. The standard InChI is InChI=1S/C36H44S/c1-17-18(2)23(7)33-27(11)30(21(5)26(10)32(33)22(17)6)15-16-31-28(12)34-24(8)19(3)20(4)25(9)35(34)29(13)36(31)37-14/h15-16H,1-14H3/b16-15+. The fourth-order valence-electron chi connectivity index (χ4n) is 6.81. The van der Waals surface area contributed by atoms with Crippen molar-refractivity contribution in [3.63, 3.8) is 0 Å². The average Bonchev–Trinajstić information content (AvgIpc) is 2.86. The zero-order valence-electron chi connectivity index (χ0n) is 25.6. The maximum Gasteiger partial charge on any atom is 0.0180 e. The molecule has 0 aromatic heterocycles. The zero-order chi connectivity index (χ0) is 27.7. The van der Waals surface area contributed by atoms with Gasteiger partial charge in [-0.15, -0.1) is 11.8 Å². The van der Waals surface area contributed by atoms with Crippen LogP contribution in [0.4, 0.5) is 0 Å². The van der Waals surface area contributed by atoms with Gasteiger partial charge in [-0.1, -0.05) is 12.2 Å². The van der Waals surface area contributed by atoms with Crippen molar-refractivity contribution in [1.29, 1.82) is 0 Å². The van der Waals surface area contributed by atoms with E-state index < -0.39 is 0 Å². The number of thioether (sulfide) groups is 1. The Morgan fingerprint density at radius 3 is 1.03 bits per heavy atom. The Kier molecular flexibility index (Phi) is 7.19. The predicted molar refractivity (Wildman–Crippen MR) is 170 cm³/mol. The second kappa shape index (κ2) is 9.66. The molecule has 0 atom stereocenters. The minimum absolute atomic E-state index is 1.37. The molecular weight excluding hydrogens is 464 g/mol. The summed E-state index contributed by atoms with van der Waals surface area (Å²) in [4.78, 5) is 1.40. The second-order valence-electron chi connectivity index (χ2n) is 11.3. The van der Waals surface area contributed by atoms with E-state index in [2.05, 4.69) is 108 Å². The van der Waals surface area contributed by atoms with E-state index in [1.807, 2.05) is 11.8 Å². The highest BCUT2D eigenvalue weighted by Gasteiger charge is 2.20. The summed E-state index contributed by atoms with van der Waals surface area (Å²) in [7, 11) is 0. The van der Waals surface area contributed by atoms with Crippen LogP contribution in [0.1, 0.15) is 83.5 Å². The Bertz CT molecular complexity index is 1660. The molecule has 0 bridgehead atoms. The second-order valence-corrected chi connectivity index (χ2v) is 12.1. The summed E-state index contributed by atoms with van der Waals surface area (Å²) < 4.78 is 0. The van der Waals surface area contributed by atoms with Crippen LogP contribution in [0.15, 0.2) is 4.90 Å². The molecule has 4 rings (SSSR count). The monoisotopic (exact) mass is 508 g/mol. The molecule has 37 heavy (non-hydrogen) atoms. The SMILES string of the molecule is CSc1c(/C=C/c2c(C)c(C)c3c(C)c(C)c(C)c(C)c3c2C)c(C)c2c(C)c(C)c(C)c(C)c2c1C. The average molecular weight is 509 g/mol. The molecule has 0 spiro atoms. The van der Waals surface area contributed by atoms with Gasteiger partial charge >= 0.3 is 0 Å². The molecule has 0 radical (unpaired) electrons. The smallest absolute Gasteiger partial charge is 0.0180 e. The van der Waals surface area contributed by atoms with Gasteiger partial charge in [0.2, 0.25) is 0 Å². The molecule has 0 unspecified atom stereocenters. The molecule has 0 aliphatic carbocycles. The van der Waals surface area contributed by atoms with Gasteiger partial charge in [0.05, 0.1) is 0 Å². The van der Waals surface area contributed by atoms with E-state index in [0.717, 1.165) is 0 Å². The van der Waals surface area contributed by atoms with E-state index in [4.69, 9.17) is 0 Å². The lowest BCUT2D eigenvalue weighted by atomic mass is 9.82. The maximum absolute atomic E-state index is 2.40. The number of fused-ring (bicyclic) bond motifs is 2. The number of rotatable bonds is 3. The van der Waals surface area contributed by atoms with Gasteiger partial charge in [0.15, 0.2) is 0 Å². The van der Waals surface area contributed by atoms with E-state index in [1.54, 1.807) is 0 Å². The van der Waals surface area contributed by atoms with Crippen molar-refractivity contribution >= 4 is 45.5 Å². The summed E-state index contributed by atoms with van der Waals surface area (Å²) in [5, 5.41) is 5.78. The Hall–Kier alpha value is -2.51. The molecule has 0 amide bonds. The van der Waals surface area contributed by atoms with Crippen LogP contribution in [0.3, 0.4) is 0 Å². The van der Waals surface area contributed by atoms with Crippen molar-refractivity contribution < 1.29 is 0 Å². The molecule has 0 nitrogen and oxygen atoms in total. The van der Waals surface area contributed by atoms with Gasteiger partial charge in [-0.25, -0.2) is 0 Å². The van der Waals surface area contributed by atoms with Gasteiger partial charge in [0, 0.05) is 4.90 Å². The largest absolute Gasteiger partial charge is 0.129 e. The molecule has 0 N–H and O–H groups in total. The van der Waals surface area contributed by atoms with Gasteiger partial charge in [-0.2, -0.15) is 0 Å². The lowest BCUT2D eigenvalue weighted by Gasteiger charge is -2.23. The molecule has 0 aliphatic heterocycles. The predicted octanol–water partition coefficient (Wildman–Crippen LogP) is 10.9. The quantitative estimate of drug-likeness (QED) is 0.196. The third-order valence-electron chi connectivity index (χ3n) is 9.86. The number of benzene rings is 4. The fraction of sp³-hybridized carbons (Fsp3) is 0.389. The minimum Gasteiger partial charge on any atom is -0.129 e. The molecule has 194 valence electrons. The van der Waals surface area contributed by atoms with Crippen LogP contribution in [0.5, 0.6) is 0 Å². The van der Waals surface area contributed by atoms with Crippen molar-refractivity contribution in [2.24, 2.45) is 0 Å². The Balaban J connectivity index is 2.08. The van der Waals surface area contributed by atoms with Crippen LogP contribution >= 0.6 is 11.8 Å². The van der Waals surface area contributed by atoms with Crippen LogP contribution < -0.4 is 0 Å². The minimum atomic E-state index is 1.37.